The largest absolute Gasteiger partial charge is 0.350 e. The first-order valence-corrected chi connectivity index (χ1v) is 12.9. The second kappa shape index (κ2) is 11.0. The highest BCUT2D eigenvalue weighted by Gasteiger charge is 2.27. The molecule has 7 nitrogen and oxygen atoms in total. The molecule has 1 aromatic heterocycles. The fourth-order valence-electron chi connectivity index (χ4n) is 3.88. The molecule has 1 fully saturated rings. The van der Waals surface area contributed by atoms with Crippen molar-refractivity contribution in [2.45, 2.75) is 32.7 Å². The molecule has 2 heterocycles. The topological polar surface area (TPSA) is 80.1 Å². The Balaban J connectivity index is 1.24. The van der Waals surface area contributed by atoms with Gasteiger partial charge in [-0.2, -0.15) is 0 Å². The number of halogens is 3. The fourth-order valence-corrected chi connectivity index (χ4v) is 4.73. The van der Waals surface area contributed by atoms with Crippen LogP contribution in [-0.2, 0) is 22.6 Å². The maximum atomic E-state index is 12.7. The van der Waals surface area contributed by atoms with Crippen molar-refractivity contribution in [3.63, 3.8) is 0 Å². The van der Waals surface area contributed by atoms with Crippen LogP contribution in [0.2, 0.25) is 5.02 Å². The lowest BCUT2D eigenvalue weighted by Crippen LogP contribution is -2.43. The van der Waals surface area contributed by atoms with E-state index in [9.17, 15) is 9.59 Å². The third kappa shape index (κ3) is 6.06. The van der Waals surface area contributed by atoms with Crippen LogP contribution < -0.4 is 5.32 Å². The number of aryl methyl sites for hydroxylation is 1. The molecule has 0 atom stereocenters. The molecule has 0 unspecified atom stereocenters. The van der Waals surface area contributed by atoms with Crippen molar-refractivity contribution < 1.29 is 9.59 Å². The van der Waals surface area contributed by atoms with E-state index in [2.05, 4.69) is 47.5 Å². The van der Waals surface area contributed by atoms with Crippen LogP contribution in [0.4, 0.5) is 0 Å². The lowest BCUT2D eigenvalue weighted by molar-refractivity contribution is -0.135. The molecule has 1 saturated heterocycles. The zero-order chi connectivity index (χ0) is 24.2. The number of carbonyl (C=O) groups excluding carboxylic acids is 2. The van der Waals surface area contributed by atoms with Crippen LogP contribution >= 0.6 is 43.5 Å². The van der Waals surface area contributed by atoms with E-state index >= 15 is 0 Å². The maximum Gasteiger partial charge on any atom is 0.226 e. The zero-order valence-electron chi connectivity index (χ0n) is 18.6. The average molecular weight is 610 g/mol. The SMILES string of the molecule is Cc1ccc(-n2cc(CNC(=O)C3CCN(C(=O)Cc4ccc(Br)c(Br)c4)CC3)nn2)cc1Cl. The summed E-state index contributed by atoms with van der Waals surface area (Å²) in [6, 6.07) is 11.5. The van der Waals surface area contributed by atoms with Gasteiger partial charge in [-0.15, -0.1) is 5.10 Å². The standard InChI is InChI=1S/C24H24Br2ClN5O2/c1-15-2-4-19(12-22(15)27)32-14-18(29-30-32)13-28-24(34)17-6-8-31(9-7-17)23(33)11-16-3-5-20(25)21(26)10-16/h2-5,10,12,14,17H,6-9,11,13H2,1H3,(H,28,34). The van der Waals surface area contributed by atoms with Gasteiger partial charge in [-0.3, -0.25) is 9.59 Å². The molecule has 178 valence electrons. The Morgan fingerprint density at radius 3 is 2.59 bits per heavy atom. The predicted octanol–water partition coefficient (Wildman–Crippen LogP) is 4.85. The van der Waals surface area contributed by atoms with Gasteiger partial charge in [-0.05, 0) is 87.0 Å². The number of aromatic nitrogens is 3. The van der Waals surface area contributed by atoms with Crippen LogP contribution in [0.15, 0.2) is 51.5 Å². The van der Waals surface area contributed by atoms with Crippen molar-refractivity contribution in [3.05, 3.63) is 73.4 Å². The van der Waals surface area contributed by atoms with Crippen molar-refractivity contribution >= 4 is 55.3 Å². The van der Waals surface area contributed by atoms with Crippen LogP contribution in [0, 0.1) is 12.8 Å². The van der Waals surface area contributed by atoms with Crippen LogP contribution in [0.25, 0.3) is 5.69 Å². The highest BCUT2D eigenvalue weighted by atomic mass is 79.9. The molecule has 1 N–H and O–H groups in total. The first kappa shape index (κ1) is 24.9. The Morgan fingerprint density at radius 1 is 1.12 bits per heavy atom. The molecule has 0 aliphatic carbocycles. The van der Waals surface area contributed by atoms with Gasteiger partial charge in [0.05, 0.1) is 24.8 Å². The lowest BCUT2D eigenvalue weighted by Gasteiger charge is -2.31. The number of rotatable bonds is 6. The number of likely N-dealkylation sites (tertiary alicyclic amines) is 1. The second-order valence-corrected chi connectivity index (χ2v) is 10.5. The minimum Gasteiger partial charge on any atom is -0.350 e. The maximum absolute atomic E-state index is 12.7. The molecule has 1 aliphatic heterocycles. The Kier molecular flexibility index (Phi) is 8.06. The molecule has 34 heavy (non-hydrogen) atoms. The molecule has 0 bridgehead atoms. The summed E-state index contributed by atoms with van der Waals surface area (Å²) in [6.07, 6.45) is 3.43. The number of amides is 2. The monoisotopic (exact) mass is 607 g/mol. The first-order valence-electron chi connectivity index (χ1n) is 11.0. The molecule has 0 saturated carbocycles. The van der Waals surface area contributed by atoms with Gasteiger partial charge in [0.2, 0.25) is 11.8 Å². The van der Waals surface area contributed by atoms with Crippen LogP contribution in [0.5, 0.6) is 0 Å². The molecule has 0 spiro atoms. The third-order valence-electron chi connectivity index (χ3n) is 5.96. The van der Waals surface area contributed by atoms with Crippen molar-refractivity contribution in [1.29, 1.82) is 0 Å². The molecular weight excluding hydrogens is 586 g/mol. The van der Waals surface area contributed by atoms with Crippen molar-refractivity contribution in [2.24, 2.45) is 5.92 Å². The summed E-state index contributed by atoms with van der Waals surface area (Å²) >= 11 is 13.1. The molecular formula is C24H24Br2ClN5O2. The Hall–Kier alpha value is -2.23. The number of hydrogen-bond donors (Lipinski definition) is 1. The molecule has 2 aromatic carbocycles. The number of nitrogens with one attached hydrogen (secondary N) is 1. The van der Waals surface area contributed by atoms with Gasteiger partial charge < -0.3 is 10.2 Å². The number of hydrogen-bond acceptors (Lipinski definition) is 4. The highest BCUT2D eigenvalue weighted by Crippen LogP contribution is 2.25. The van der Waals surface area contributed by atoms with Gasteiger partial charge in [0.1, 0.15) is 5.69 Å². The van der Waals surface area contributed by atoms with Crippen molar-refractivity contribution in [1.82, 2.24) is 25.2 Å². The van der Waals surface area contributed by atoms with Crippen molar-refractivity contribution in [2.75, 3.05) is 13.1 Å². The van der Waals surface area contributed by atoms with Crippen LogP contribution in [0.1, 0.15) is 29.7 Å². The normalized spacial score (nSPS) is 14.3. The van der Waals surface area contributed by atoms with E-state index in [1.165, 1.54) is 0 Å². The molecule has 3 aromatic rings. The average Bonchev–Trinajstić information content (AvgIpc) is 3.31. The van der Waals surface area contributed by atoms with E-state index in [4.69, 9.17) is 11.6 Å². The third-order valence-corrected chi connectivity index (χ3v) is 8.25. The summed E-state index contributed by atoms with van der Waals surface area (Å²) < 4.78 is 3.52. The Morgan fingerprint density at radius 2 is 1.88 bits per heavy atom. The molecule has 1 aliphatic rings. The predicted molar refractivity (Wildman–Crippen MR) is 138 cm³/mol. The van der Waals surface area contributed by atoms with Gasteiger partial charge in [0.25, 0.3) is 0 Å². The van der Waals surface area contributed by atoms with Gasteiger partial charge in [-0.1, -0.05) is 28.9 Å². The number of carbonyl (C=O) groups is 2. The summed E-state index contributed by atoms with van der Waals surface area (Å²) in [7, 11) is 0. The van der Waals surface area contributed by atoms with E-state index in [1.807, 2.05) is 48.2 Å². The Bertz CT molecular complexity index is 1210. The van der Waals surface area contributed by atoms with Gasteiger partial charge >= 0.3 is 0 Å². The molecule has 0 radical (unpaired) electrons. The lowest BCUT2D eigenvalue weighted by atomic mass is 9.95. The van der Waals surface area contributed by atoms with E-state index in [0.717, 1.165) is 25.8 Å². The summed E-state index contributed by atoms with van der Waals surface area (Å²) in [5.41, 5.74) is 3.43. The van der Waals surface area contributed by atoms with Crippen LogP contribution in [0.3, 0.4) is 0 Å². The summed E-state index contributed by atoms with van der Waals surface area (Å²) in [6.45, 7) is 3.41. The summed E-state index contributed by atoms with van der Waals surface area (Å²) in [4.78, 5) is 27.2. The highest BCUT2D eigenvalue weighted by molar-refractivity contribution is 9.13. The molecule has 4 rings (SSSR count). The van der Waals surface area contributed by atoms with Crippen LogP contribution in [-0.4, -0.2) is 44.8 Å². The zero-order valence-corrected chi connectivity index (χ0v) is 22.5. The molecule has 10 heteroatoms. The van der Waals surface area contributed by atoms with E-state index in [-0.39, 0.29) is 17.7 Å². The minimum absolute atomic E-state index is 0.0168. The Labute approximate surface area is 220 Å². The summed E-state index contributed by atoms with van der Waals surface area (Å²) in [5.74, 6) is -0.0467. The molecule has 2 amide bonds. The van der Waals surface area contributed by atoms with E-state index in [0.29, 0.717) is 49.6 Å². The first-order chi connectivity index (χ1) is 16.3. The number of benzene rings is 2. The van der Waals surface area contributed by atoms with Gasteiger partial charge in [0.15, 0.2) is 0 Å². The minimum atomic E-state index is -0.114. The second-order valence-electron chi connectivity index (χ2n) is 8.39. The van der Waals surface area contributed by atoms with Gasteiger partial charge in [0, 0.05) is 33.0 Å². The van der Waals surface area contributed by atoms with Gasteiger partial charge in [-0.25, -0.2) is 4.68 Å². The van der Waals surface area contributed by atoms with Crippen molar-refractivity contribution in [3.8, 4) is 5.69 Å². The quantitative estimate of drug-likeness (QED) is 0.434. The van der Waals surface area contributed by atoms with E-state index in [1.54, 1.807) is 10.9 Å². The smallest absolute Gasteiger partial charge is 0.226 e. The fraction of sp³-hybridized carbons (Fsp3) is 0.333. The number of piperidine rings is 1. The number of nitrogens with zero attached hydrogens (tertiary/aromatic N) is 4. The van der Waals surface area contributed by atoms with E-state index < -0.39 is 0 Å². The summed E-state index contributed by atoms with van der Waals surface area (Å²) in [5, 5.41) is 11.9.